The molecule has 0 aliphatic carbocycles. The van der Waals surface area contributed by atoms with Crippen LogP contribution >= 0.6 is 27.3 Å². The van der Waals surface area contributed by atoms with Gasteiger partial charge < -0.3 is 10.4 Å². The summed E-state index contributed by atoms with van der Waals surface area (Å²) in [4.78, 5) is 24.2. The van der Waals surface area contributed by atoms with E-state index in [2.05, 4.69) is 21.2 Å². The van der Waals surface area contributed by atoms with Gasteiger partial charge in [-0.25, -0.2) is 0 Å². The molecule has 4 nitrogen and oxygen atoms in total. The quantitative estimate of drug-likeness (QED) is 0.829. The number of nitrogens with one attached hydrogen (secondary N) is 1. The Hall–Kier alpha value is -0.880. The maximum atomic E-state index is 11.9. The van der Waals surface area contributed by atoms with Gasteiger partial charge in [0.2, 0.25) is 5.91 Å². The summed E-state index contributed by atoms with van der Waals surface area (Å²) in [7, 11) is 0. The smallest absolute Gasteiger partial charge is 0.310 e. The van der Waals surface area contributed by atoms with Crippen LogP contribution in [0.15, 0.2) is 15.9 Å². The highest BCUT2D eigenvalue weighted by Gasteiger charge is 2.38. The lowest BCUT2D eigenvalue weighted by atomic mass is 9.76. The molecular weight excluding hydrogens is 330 g/mol. The molecule has 1 amide bonds. The van der Waals surface area contributed by atoms with E-state index in [1.165, 1.54) is 0 Å². The van der Waals surface area contributed by atoms with Crippen LogP contribution < -0.4 is 5.32 Å². The second-order valence-electron chi connectivity index (χ2n) is 5.06. The van der Waals surface area contributed by atoms with E-state index in [9.17, 15) is 14.7 Å². The lowest BCUT2D eigenvalue weighted by Crippen LogP contribution is -2.38. The van der Waals surface area contributed by atoms with Crippen molar-refractivity contribution in [3.63, 3.8) is 0 Å². The van der Waals surface area contributed by atoms with Gasteiger partial charge in [0.15, 0.2) is 0 Å². The first kappa shape index (κ1) is 16.2. The summed E-state index contributed by atoms with van der Waals surface area (Å²) >= 11 is 4.89. The van der Waals surface area contributed by atoms with Gasteiger partial charge in [-0.2, -0.15) is 0 Å². The molecule has 0 saturated carbocycles. The SMILES string of the molecule is CC(C)C(C)(CC(=O)NCc1cc(Br)cs1)C(=O)O. The summed E-state index contributed by atoms with van der Waals surface area (Å²) in [6.45, 7) is 5.68. The molecular formula is C13H18BrNO3S. The van der Waals surface area contributed by atoms with E-state index >= 15 is 0 Å². The molecule has 0 aliphatic rings. The van der Waals surface area contributed by atoms with Crippen molar-refractivity contribution in [1.82, 2.24) is 5.32 Å². The number of amides is 1. The average Bonchev–Trinajstić information content (AvgIpc) is 2.72. The standard InChI is InChI=1S/C13H18BrNO3S/c1-8(2)13(3,12(17)18)5-11(16)15-6-10-4-9(14)7-19-10/h4,7-8H,5-6H2,1-3H3,(H,15,16)(H,17,18). The van der Waals surface area contributed by atoms with Crippen LogP contribution in [0.2, 0.25) is 0 Å². The van der Waals surface area contributed by atoms with Crippen molar-refractivity contribution in [3.8, 4) is 0 Å². The predicted molar refractivity (Wildman–Crippen MR) is 79.1 cm³/mol. The molecule has 1 atom stereocenters. The minimum Gasteiger partial charge on any atom is -0.481 e. The molecule has 0 fully saturated rings. The molecule has 0 aliphatic heterocycles. The number of carboxylic acids is 1. The van der Waals surface area contributed by atoms with Crippen molar-refractivity contribution < 1.29 is 14.7 Å². The zero-order valence-corrected chi connectivity index (χ0v) is 13.6. The van der Waals surface area contributed by atoms with Crippen LogP contribution in [-0.2, 0) is 16.1 Å². The van der Waals surface area contributed by atoms with Crippen LogP contribution in [0.3, 0.4) is 0 Å². The third-order valence-electron chi connectivity index (χ3n) is 3.37. The molecule has 0 bridgehead atoms. The van der Waals surface area contributed by atoms with E-state index in [1.54, 1.807) is 18.3 Å². The molecule has 0 radical (unpaired) electrons. The summed E-state index contributed by atoms with van der Waals surface area (Å²) in [6.07, 6.45) is -0.00740. The summed E-state index contributed by atoms with van der Waals surface area (Å²) in [5, 5.41) is 14.0. The van der Waals surface area contributed by atoms with E-state index < -0.39 is 11.4 Å². The van der Waals surface area contributed by atoms with Gasteiger partial charge in [0.1, 0.15) is 0 Å². The Morgan fingerprint density at radius 2 is 2.16 bits per heavy atom. The Labute approximate surface area is 125 Å². The van der Waals surface area contributed by atoms with Crippen molar-refractivity contribution in [2.24, 2.45) is 11.3 Å². The number of hydrogen-bond donors (Lipinski definition) is 2. The van der Waals surface area contributed by atoms with Gasteiger partial charge in [-0.05, 0) is 34.8 Å². The molecule has 19 heavy (non-hydrogen) atoms. The first-order chi connectivity index (χ1) is 8.75. The van der Waals surface area contributed by atoms with E-state index in [0.717, 1.165) is 9.35 Å². The first-order valence-corrected chi connectivity index (χ1v) is 7.66. The number of hydrogen-bond acceptors (Lipinski definition) is 3. The molecule has 0 aromatic carbocycles. The molecule has 1 unspecified atom stereocenters. The van der Waals surface area contributed by atoms with Gasteiger partial charge in [-0.15, -0.1) is 11.3 Å². The topological polar surface area (TPSA) is 66.4 Å². The Bertz CT molecular complexity index is 472. The summed E-state index contributed by atoms with van der Waals surface area (Å²) in [6, 6.07) is 1.93. The van der Waals surface area contributed by atoms with Crippen LogP contribution in [0.4, 0.5) is 0 Å². The highest BCUT2D eigenvalue weighted by atomic mass is 79.9. The Kier molecular flexibility index (Phi) is 5.55. The molecule has 6 heteroatoms. The van der Waals surface area contributed by atoms with Crippen molar-refractivity contribution >= 4 is 39.1 Å². The van der Waals surface area contributed by atoms with Gasteiger partial charge in [0.25, 0.3) is 0 Å². The van der Waals surface area contributed by atoms with Crippen LogP contribution in [0.1, 0.15) is 32.1 Å². The van der Waals surface area contributed by atoms with Gasteiger partial charge >= 0.3 is 5.97 Å². The zero-order valence-electron chi connectivity index (χ0n) is 11.2. The fraction of sp³-hybridized carbons (Fsp3) is 0.538. The fourth-order valence-corrected chi connectivity index (χ4v) is 2.95. The number of thiophene rings is 1. The number of carbonyl (C=O) groups is 2. The normalized spacial score (nSPS) is 14.2. The van der Waals surface area contributed by atoms with Crippen molar-refractivity contribution in [2.75, 3.05) is 0 Å². The monoisotopic (exact) mass is 347 g/mol. The van der Waals surface area contributed by atoms with Crippen LogP contribution in [-0.4, -0.2) is 17.0 Å². The van der Waals surface area contributed by atoms with E-state index in [4.69, 9.17) is 0 Å². The van der Waals surface area contributed by atoms with Gasteiger partial charge in [-0.1, -0.05) is 13.8 Å². The average molecular weight is 348 g/mol. The highest BCUT2D eigenvalue weighted by Crippen LogP contribution is 2.31. The number of halogens is 1. The Morgan fingerprint density at radius 3 is 2.58 bits per heavy atom. The van der Waals surface area contributed by atoms with Crippen LogP contribution in [0.5, 0.6) is 0 Å². The van der Waals surface area contributed by atoms with Crippen molar-refractivity contribution in [2.45, 2.75) is 33.7 Å². The molecule has 106 valence electrons. The second kappa shape index (κ2) is 6.52. The fourth-order valence-electron chi connectivity index (χ4n) is 1.55. The van der Waals surface area contributed by atoms with Gasteiger partial charge in [-0.3, -0.25) is 9.59 Å². The summed E-state index contributed by atoms with van der Waals surface area (Å²) in [5.74, 6) is -1.27. The van der Waals surface area contributed by atoms with Crippen molar-refractivity contribution in [1.29, 1.82) is 0 Å². The summed E-state index contributed by atoms with van der Waals surface area (Å²) < 4.78 is 0.985. The third kappa shape index (κ3) is 4.31. The van der Waals surface area contributed by atoms with Crippen molar-refractivity contribution in [3.05, 3.63) is 20.8 Å². The van der Waals surface area contributed by atoms with Gasteiger partial charge in [0.05, 0.1) is 12.0 Å². The molecule has 0 saturated heterocycles. The first-order valence-electron chi connectivity index (χ1n) is 5.98. The third-order valence-corrected chi connectivity index (χ3v) is 5.07. The highest BCUT2D eigenvalue weighted by molar-refractivity contribution is 9.10. The number of carbonyl (C=O) groups excluding carboxylic acids is 1. The molecule has 1 aromatic rings. The Morgan fingerprint density at radius 1 is 1.53 bits per heavy atom. The maximum Gasteiger partial charge on any atom is 0.310 e. The van der Waals surface area contributed by atoms with Gasteiger partial charge in [0, 0.05) is 21.2 Å². The van der Waals surface area contributed by atoms with Crippen LogP contribution in [0.25, 0.3) is 0 Å². The predicted octanol–water partition coefficient (Wildman–Crippen LogP) is 3.26. The lowest BCUT2D eigenvalue weighted by Gasteiger charge is -2.28. The van der Waals surface area contributed by atoms with Crippen LogP contribution in [0, 0.1) is 11.3 Å². The minimum absolute atomic E-state index is 0.00740. The maximum absolute atomic E-state index is 11.9. The second-order valence-corrected chi connectivity index (χ2v) is 6.97. The lowest BCUT2D eigenvalue weighted by molar-refractivity contribution is -0.153. The number of rotatable bonds is 6. The molecule has 1 heterocycles. The molecule has 1 rings (SSSR count). The van der Waals surface area contributed by atoms with E-state index in [-0.39, 0.29) is 18.2 Å². The minimum atomic E-state index is -1.03. The number of carboxylic acid groups (broad SMARTS) is 1. The molecule has 2 N–H and O–H groups in total. The molecule has 0 spiro atoms. The summed E-state index contributed by atoms with van der Waals surface area (Å²) in [5.41, 5.74) is -1.03. The Balaban J connectivity index is 2.57. The number of aliphatic carboxylic acids is 1. The molecule has 1 aromatic heterocycles. The largest absolute Gasteiger partial charge is 0.481 e. The zero-order chi connectivity index (χ0) is 14.6. The van der Waals surface area contributed by atoms with E-state index in [1.807, 2.05) is 25.3 Å². The van der Waals surface area contributed by atoms with E-state index in [0.29, 0.717) is 6.54 Å².